The van der Waals surface area contributed by atoms with Gasteiger partial charge in [-0.15, -0.1) is 0 Å². The normalized spacial score (nSPS) is 15.3. The second-order valence-electron chi connectivity index (χ2n) is 12.2. The number of sulfonamides is 1. The molecule has 2 aromatic heterocycles. The Morgan fingerprint density at radius 3 is 2.23 bits per heavy atom. The fourth-order valence-corrected chi connectivity index (χ4v) is 5.50. The number of amides is 1. The first kappa shape index (κ1) is 34.5. The number of nitrogens with one attached hydrogen (secondary N) is 1. The lowest BCUT2D eigenvalue weighted by Gasteiger charge is -2.28. The van der Waals surface area contributed by atoms with Gasteiger partial charge in [0, 0.05) is 43.4 Å². The molecule has 3 heterocycles. The third kappa shape index (κ3) is 8.15. The number of carbonyl (C=O) groups excluding carboxylic acids is 2. The van der Waals surface area contributed by atoms with Crippen molar-refractivity contribution in [3.63, 3.8) is 0 Å². The highest BCUT2D eigenvalue weighted by Crippen LogP contribution is 2.33. The molecular weight excluding hydrogens is 661 g/mol. The molecule has 0 saturated carbocycles. The van der Waals surface area contributed by atoms with Crippen molar-refractivity contribution < 1.29 is 50.1 Å². The third-order valence-corrected chi connectivity index (χ3v) is 8.60. The van der Waals surface area contributed by atoms with Crippen LogP contribution in [0.25, 0.3) is 16.9 Å². The zero-order valence-electron chi connectivity index (χ0n) is 26.7. The molecule has 4 aromatic rings. The molecular formula is C30H35F3N6O8S. The highest BCUT2D eigenvalue weighted by molar-refractivity contribution is 7.90. The van der Waals surface area contributed by atoms with E-state index in [-0.39, 0.29) is 16.3 Å². The van der Waals surface area contributed by atoms with E-state index in [0.717, 1.165) is 33.5 Å². The number of esters is 1. The van der Waals surface area contributed by atoms with Gasteiger partial charge >= 0.3 is 18.2 Å². The van der Waals surface area contributed by atoms with E-state index < -0.39 is 51.8 Å². The van der Waals surface area contributed by atoms with Gasteiger partial charge in [-0.05, 0) is 58.0 Å². The number of nitrogens with zero attached hydrogens (tertiary/aromatic N) is 5. The smallest absolute Gasteiger partial charge is 0.435 e. The van der Waals surface area contributed by atoms with Crippen molar-refractivity contribution in [2.45, 2.75) is 70.9 Å². The van der Waals surface area contributed by atoms with Gasteiger partial charge in [0.05, 0.1) is 21.7 Å². The van der Waals surface area contributed by atoms with E-state index in [2.05, 4.69) is 5.10 Å². The van der Waals surface area contributed by atoms with Crippen LogP contribution in [0.3, 0.4) is 0 Å². The summed E-state index contributed by atoms with van der Waals surface area (Å²) >= 11 is 0. The Morgan fingerprint density at radius 2 is 1.65 bits per heavy atom. The predicted octanol–water partition coefficient (Wildman–Crippen LogP) is 4.64. The maximum Gasteiger partial charge on any atom is 0.435 e. The minimum atomic E-state index is -4.70. The molecule has 1 N–H and O–H groups in total. The first-order valence-electron chi connectivity index (χ1n) is 14.9. The van der Waals surface area contributed by atoms with Gasteiger partial charge in [-0.3, -0.25) is 9.80 Å². The standard InChI is InChI=1S/C30H35F3N6O8S/c1-19-6-8-21(9-7-19)25-18-26(30(31,32)33)34-37(25)22-10-12-24(13-11-22)48(42,43)35-28(41)45-23-14-16-36(17-15-23)38-39(47-38)46-20(2)44-27(40)29(3,4)5/h6-13,18,20,23H,14-17H2,1-5H3,(H,35,41). The Hall–Kier alpha value is -4.87. The Balaban J connectivity index is 1.15. The maximum absolute atomic E-state index is 13.5. The van der Waals surface area contributed by atoms with Crippen molar-refractivity contribution >= 4 is 22.1 Å². The van der Waals surface area contributed by atoms with E-state index in [1.807, 2.05) is 11.6 Å². The lowest BCUT2D eigenvalue weighted by atomic mass is 9.97. The van der Waals surface area contributed by atoms with E-state index in [1.165, 1.54) is 17.1 Å². The van der Waals surface area contributed by atoms with Crippen LogP contribution in [-0.4, -0.2) is 65.7 Å². The van der Waals surface area contributed by atoms with E-state index in [1.54, 1.807) is 57.0 Å². The number of hydrogen-bond donors (Lipinski definition) is 1. The van der Waals surface area contributed by atoms with Crippen LogP contribution in [0, 0.1) is 12.3 Å². The first-order valence-corrected chi connectivity index (χ1v) is 16.4. The van der Waals surface area contributed by atoms with Crippen molar-refractivity contribution in [3.8, 4) is 16.9 Å². The Morgan fingerprint density at radius 1 is 1.02 bits per heavy atom. The highest BCUT2D eigenvalue weighted by atomic mass is 32.2. The number of alkyl halides is 3. The van der Waals surface area contributed by atoms with E-state index in [9.17, 15) is 31.2 Å². The Kier molecular flexibility index (Phi) is 9.31. The number of halogens is 3. The lowest BCUT2D eigenvalue weighted by Crippen LogP contribution is -2.45. The molecule has 14 nitrogen and oxygen atoms in total. The topological polar surface area (TPSA) is 152 Å². The van der Waals surface area contributed by atoms with E-state index in [0.29, 0.717) is 31.5 Å². The zero-order valence-corrected chi connectivity index (χ0v) is 27.5. The molecule has 1 aliphatic heterocycles. The number of aryl methyl sites for hydroxylation is 1. The molecule has 1 amide bonds. The zero-order chi connectivity index (χ0) is 35.0. The molecule has 0 spiro atoms. The van der Waals surface area contributed by atoms with E-state index >= 15 is 0 Å². The van der Waals surface area contributed by atoms with Crippen LogP contribution < -0.4 is 14.6 Å². The first-order chi connectivity index (χ1) is 22.4. The Bertz CT molecular complexity index is 1840. The van der Waals surface area contributed by atoms with Crippen molar-refractivity contribution in [1.82, 2.24) is 24.5 Å². The van der Waals surface area contributed by atoms with Crippen LogP contribution in [0.2, 0.25) is 0 Å². The molecule has 0 radical (unpaired) electrons. The molecule has 1 fully saturated rings. The number of ether oxygens (including phenoxy) is 2. The van der Waals surface area contributed by atoms with Crippen LogP contribution in [0.4, 0.5) is 18.0 Å². The second-order valence-corrected chi connectivity index (χ2v) is 13.9. The summed E-state index contributed by atoms with van der Waals surface area (Å²) in [5.74, 6) is -0.441. The van der Waals surface area contributed by atoms with Gasteiger partial charge in [-0.1, -0.05) is 29.8 Å². The third-order valence-electron chi connectivity index (χ3n) is 7.27. The molecule has 0 bridgehead atoms. The van der Waals surface area contributed by atoms with Gasteiger partial charge in [0.1, 0.15) is 11.1 Å². The minimum Gasteiger partial charge on any atom is -0.445 e. The number of piperidine rings is 1. The molecule has 18 heteroatoms. The maximum atomic E-state index is 13.5. The van der Waals surface area contributed by atoms with Gasteiger partial charge in [0.2, 0.25) is 0 Å². The summed E-state index contributed by atoms with van der Waals surface area (Å²) in [6, 6.07) is 12.6. The molecule has 2 aromatic carbocycles. The minimum absolute atomic E-state index is 0.159. The molecule has 48 heavy (non-hydrogen) atoms. The summed E-state index contributed by atoms with van der Waals surface area (Å²) in [7, 11) is -4.38. The fraction of sp³-hybridized carbons (Fsp3) is 0.433. The van der Waals surface area contributed by atoms with Gasteiger partial charge in [0.25, 0.3) is 16.3 Å². The summed E-state index contributed by atoms with van der Waals surface area (Å²) in [6.07, 6.45) is -6.69. The van der Waals surface area contributed by atoms with Crippen LogP contribution in [0.15, 0.2) is 64.1 Å². The summed E-state index contributed by atoms with van der Waals surface area (Å²) in [5, 5.41) is 6.51. The summed E-state index contributed by atoms with van der Waals surface area (Å²) in [4.78, 5) is 30.9. The van der Waals surface area contributed by atoms with Gasteiger partial charge in [-0.2, -0.15) is 22.9 Å². The van der Waals surface area contributed by atoms with Gasteiger partial charge in [0.15, 0.2) is 5.69 Å². The average Bonchev–Trinajstić information content (AvgIpc) is 3.60. The summed E-state index contributed by atoms with van der Waals surface area (Å²) in [6.45, 7) is 9.28. The van der Waals surface area contributed by atoms with Crippen LogP contribution in [-0.2, 0) is 30.5 Å². The SMILES string of the molecule is Cc1ccc(-c2cc(C(F)(F)F)nn2-c2ccc(S(=O)(=O)NC(=O)OC3CCN(n4on4OC(C)OC(=O)C(C)(C)C)CC3)cc2)cc1. The van der Waals surface area contributed by atoms with Crippen LogP contribution >= 0.6 is 0 Å². The molecule has 1 saturated heterocycles. The van der Waals surface area contributed by atoms with Crippen molar-refractivity contribution in [1.29, 1.82) is 0 Å². The molecule has 1 atom stereocenters. The van der Waals surface area contributed by atoms with Crippen molar-refractivity contribution in [2.75, 3.05) is 18.1 Å². The molecule has 1 unspecified atom stereocenters. The highest BCUT2D eigenvalue weighted by Gasteiger charge is 2.36. The lowest BCUT2D eigenvalue weighted by molar-refractivity contribution is -0.189. The number of benzene rings is 2. The molecule has 0 aliphatic carbocycles. The number of rotatable bonds is 9. The Labute approximate surface area is 273 Å². The number of aromatic nitrogens is 4. The summed E-state index contributed by atoms with van der Waals surface area (Å²) in [5.41, 5.74) is -0.0673. The van der Waals surface area contributed by atoms with Gasteiger partial charge < -0.3 is 14.3 Å². The van der Waals surface area contributed by atoms with Crippen molar-refractivity contribution in [3.05, 3.63) is 65.9 Å². The number of hydrogen-bond acceptors (Lipinski definition) is 10. The van der Waals surface area contributed by atoms with E-state index in [4.69, 9.17) is 18.9 Å². The fourth-order valence-electron chi connectivity index (χ4n) is 4.62. The van der Waals surface area contributed by atoms with Crippen molar-refractivity contribution in [2.24, 2.45) is 5.41 Å². The number of carbonyl (C=O) groups is 2. The average molecular weight is 697 g/mol. The van der Waals surface area contributed by atoms with Gasteiger partial charge in [-0.25, -0.2) is 22.6 Å². The predicted molar refractivity (Wildman–Crippen MR) is 163 cm³/mol. The summed E-state index contributed by atoms with van der Waals surface area (Å²) < 4.78 is 85.1. The monoisotopic (exact) mass is 696 g/mol. The quantitative estimate of drug-likeness (QED) is 0.194. The molecule has 5 rings (SSSR count). The largest absolute Gasteiger partial charge is 0.445 e. The molecule has 260 valence electrons. The second kappa shape index (κ2) is 13.0. The van der Waals surface area contributed by atoms with Crippen LogP contribution in [0.5, 0.6) is 0 Å². The van der Waals surface area contributed by atoms with Crippen LogP contribution in [0.1, 0.15) is 51.8 Å². The molecule has 1 aliphatic rings.